The molecule has 6 nitrogen and oxygen atoms in total. The van der Waals surface area contributed by atoms with Gasteiger partial charge in [-0.15, -0.1) is 0 Å². The van der Waals surface area contributed by atoms with Crippen LogP contribution in [0.4, 0.5) is 0 Å². The summed E-state index contributed by atoms with van der Waals surface area (Å²) >= 11 is 0. The summed E-state index contributed by atoms with van der Waals surface area (Å²) in [4.78, 5) is 27.2. The van der Waals surface area contributed by atoms with Crippen LogP contribution in [0.5, 0.6) is 5.75 Å². The Hall–Kier alpha value is -3.12. The molecule has 1 aliphatic rings. The van der Waals surface area contributed by atoms with Gasteiger partial charge in [0.1, 0.15) is 11.5 Å². The molecule has 0 saturated carbocycles. The number of benzene rings is 2. The minimum absolute atomic E-state index is 0.0841. The van der Waals surface area contributed by atoms with E-state index in [4.69, 9.17) is 9.47 Å². The molecular weight excluding hydrogens is 394 g/mol. The summed E-state index contributed by atoms with van der Waals surface area (Å²) in [7, 11) is 1.54. The van der Waals surface area contributed by atoms with Gasteiger partial charge in [-0.05, 0) is 30.5 Å². The molecule has 1 atom stereocenters. The highest BCUT2D eigenvalue weighted by Gasteiger charge is 2.45. The lowest BCUT2D eigenvalue weighted by atomic mass is 9.95. The average molecular weight is 424 g/mol. The van der Waals surface area contributed by atoms with Crippen LogP contribution in [0.15, 0.2) is 54.1 Å². The number of likely N-dealkylation sites (tertiary alicyclic amines) is 1. The van der Waals surface area contributed by atoms with Gasteiger partial charge in [0.2, 0.25) is 0 Å². The molecular formula is C25H29NO5. The molecule has 1 amide bonds. The third-order valence-electron chi connectivity index (χ3n) is 5.18. The van der Waals surface area contributed by atoms with Crippen LogP contribution in [0.1, 0.15) is 36.6 Å². The molecule has 6 heteroatoms. The van der Waals surface area contributed by atoms with E-state index in [1.165, 1.54) is 4.90 Å². The summed E-state index contributed by atoms with van der Waals surface area (Å²) < 4.78 is 10.9. The fourth-order valence-electron chi connectivity index (χ4n) is 3.52. The summed E-state index contributed by atoms with van der Waals surface area (Å²) in [5.74, 6) is -0.404. The zero-order valence-electron chi connectivity index (χ0n) is 18.4. The molecule has 0 spiro atoms. The van der Waals surface area contributed by atoms with E-state index in [2.05, 4.69) is 13.8 Å². The Kier molecular flexibility index (Phi) is 7.13. The number of nitrogens with zero attached hydrogens (tertiary/aromatic N) is 1. The first-order valence-electron chi connectivity index (χ1n) is 10.4. The number of carbonyl (C=O) groups is 2. The van der Waals surface area contributed by atoms with E-state index in [0.29, 0.717) is 23.8 Å². The number of ketones is 1. The molecule has 1 unspecified atom stereocenters. The van der Waals surface area contributed by atoms with Crippen LogP contribution < -0.4 is 4.74 Å². The molecule has 1 saturated heterocycles. The highest BCUT2D eigenvalue weighted by molar-refractivity contribution is 6.46. The Bertz CT molecular complexity index is 960. The van der Waals surface area contributed by atoms with Gasteiger partial charge in [0.25, 0.3) is 11.7 Å². The van der Waals surface area contributed by atoms with Gasteiger partial charge in [-0.3, -0.25) is 9.59 Å². The van der Waals surface area contributed by atoms with Crippen LogP contribution >= 0.6 is 0 Å². The SMILES string of the molecule is COCCN1C(=O)C(=O)/C(=C(\O)c2ccc(C)cc2)C1c1ccc(OCC(C)C)cc1. The van der Waals surface area contributed by atoms with Crippen molar-refractivity contribution in [1.29, 1.82) is 0 Å². The predicted molar refractivity (Wildman–Crippen MR) is 119 cm³/mol. The van der Waals surface area contributed by atoms with Crippen molar-refractivity contribution in [2.24, 2.45) is 5.92 Å². The Labute approximate surface area is 183 Å². The standard InChI is InChI=1S/C25H29NO5/c1-16(2)15-31-20-11-9-18(10-12-20)22-21(23(27)19-7-5-17(3)6-8-19)24(28)25(29)26(22)13-14-30-4/h5-12,16,22,27H,13-15H2,1-4H3/b23-21-. The third-order valence-corrected chi connectivity index (χ3v) is 5.18. The van der Waals surface area contributed by atoms with E-state index in [9.17, 15) is 14.7 Å². The van der Waals surface area contributed by atoms with Gasteiger partial charge < -0.3 is 19.5 Å². The molecule has 1 aliphatic heterocycles. The first kappa shape index (κ1) is 22.6. The number of aliphatic hydroxyl groups excluding tert-OH is 1. The molecule has 3 rings (SSSR count). The number of hydrogen-bond donors (Lipinski definition) is 1. The number of carbonyl (C=O) groups excluding carboxylic acids is 2. The monoisotopic (exact) mass is 423 g/mol. The van der Waals surface area contributed by atoms with Crippen molar-refractivity contribution in [2.45, 2.75) is 26.8 Å². The van der Waals surface area contributed by atoms with Crippen molar-refractivity contribution < 1.29 is 24.2 Å². The molecule has 2 aromatic carbocycles. The normalized spacial score (nSPS) is 18.1. The minimum atomic E-state index is -0.699. The summed E-state index contributed by atoms with van der Waals surface area (Å²) in [6.45, 7) is 7.20. The quantitative estimate of drug-likeness (QED) is 0.393. The fourth-order valence-corrected chi connectivity index (χ4v) is 3.52. The van der Waals surface area contributed by atoms with Crippen LogP contribution in [0.25, 0.3) is 5.76 Å². The second kappa shape index (κ2) is 9.79. The first-order valence-corrected chi connectivity index (χ1v) is 10.4. The molecule has 0 aliphatic carbocycles. The fraction of sp³-hybridized carbons (Fsp3) is 0.360. The lowest BCUT2D eigenvalue weighted by Crippen LogP contribution is -2.32. The third kappa shape index (κ3) is 4.97. The number of amides is 1. The van der Waals surface area contributed by atoms with Crippen LogP contribution in [-0.2, 0) is 14.3 Å². The Balaban J connectivity index is 2.03. The second-order valence-corrected chi connectivity index (χ2v) is 8.13. The van der Waals surface area contributed by atoms with Crippen molar-refractivity contribution in [2.75, 3.05) is 26.9 Å². The molecule has 164 valence electrons. The van der Waals surface area contributed by atoms with Gasteiger partial charge in [-0.2, -0.15) is 0 Å². The van der Waals surface area contributed by atoms with Crippen molar-refractivity contribution in [1.82, 2.24) is 4.90 Å². The van der Waals surface area contributed by atoms with Crippen molar-refractivity contribution in [3.63, 3.8) is 0 Å². The number of methoxy groups -OCH3 is 1. The maximum Gasteiger partial charge on any atom is 0.295 e. The van der Waals surface area contributed by atoms with E-state index in [1.807, 2.05) is 43.3 Å². The topological polar surface area (TPSA) is 76.1 Å². The van der Waals surface area contributed by atoms with Crippen molar-refractivity contribution in [3.05, 3.63) is 70.8 Å². The molecule has 2 aromatic rings. The molecule has 31 heavy (non-hydrogen) atoms. The molecule has 0 radical (unpaired) electrons. The number of rotatable bonds is 8. The number of hydrogen-bond acceptors (Lipinski definition) is 5. The van der Waals surface area contributed by atoms with Gasteiger partial charge in [0.15, 0.2) is 0 Å². The van der Waals surface area contributed by atoms with Gasteiger partial charge in [-0.1, -0.05) is 55.8 Å². The zero-order valence-corrected chi connectivity index (χ0v) is 18.4. The van der Waals surface area contributed by atoms with Crippen LogP contribution in [0.3, 0.4) is 0 Å². The number of aliphatic hydroxyl groups is 1. The van der Waals surface area contributed by atoms with E-state index in [0.717, 1.165) is 11.1 Å². The predicted octanol–water partition coefficient (Wildman–Crippen LogP) is 4.10. The van der Waals surface area contributed by atoms with E-state index < -0.39 is 17.7 Å². The first-order chi connectivity index (χ1) is 14.8. The van der Waals surface area contributed by atoms with Crippen molar-refractivity contribution >= 4 is 17.4 Å². The smallest absolute Gasteiger partial charge is 0.295 e. The van der Waals surface area contributed by atoms with Crippen LogP contribution in [0.2, 0.25) is 0 Å². The molecule has 1 N–H and O–H groups in total. The Morgan fingerprint density at radius 3 is 2.29 bits per heavy atom. The van der Waals surface area contributed by atoms with Crippen LogP contribution in [-0.4, -0.2) is 48.6 Å². The highest BCUT2D eigenvalue weighted by atomic mass is 16.5. The minimum Gasteiger partial charge on any atom is -0.507 e. The molecule has 0 bridgehead atoms. The highest BCUT2D eigenvalue weighted by Crippen LogP contribution is 2.39. The van der Waals surface area contributed by atoms with Gasteiger partial charge >= 0.3 is 0 Å². The number of ether oxygens (including phenoxy) is 2. The molecule has 1 heterocycles. The largest absolute Gasteiger partial charge is 0.507 e. The second-order valence-electron chi connectivity index (χ2n) is 8.13. The Morgan fingerprint density at radius 1 is 1.06 bits per heavy atom. The van der Waals surface area contributed by atoms with Gasteiger partial charge in [0.05, 0.1) is 24.8 Å². The van der Waals surface area contributed by atoms with Crippen molar-refractivity contribution in [3.8, 4) is 5.75 Å². The molecule has 1 fully saturated rings. The lowest BCUT2D eigenvalue weighted by molar-refractivity contribution is -0.140. The summed E-state index contributed by atoms with van der Waals surface area (Å²) in [5.41, 5.74) is 2.34. The zero-order chi connectivity index (χ0) is 22.5. The van der Waals surface area contributed by atoms with E-state index >= 15 is 0 Å². The maximum atomic E-state index is 12.9. The maximum absolute atomic E-state index is 12.9. The van der Waals surface area contributed by atoms with E-state index in [-0.39, 0.29) is 24.5 Å². The molecule has 0 aromatic heterocycles. The summed E-state index contributed by atoms with van der Waals surface area (Å²) in [6.07, 6.45) is 0. The lowest BCUT2D eigenvalue weighted by Gasteiger charge is -2.25. The number of Topliss-reactive ketones (excluding diaryl/α,β-unsaturated/α-hetero) is 1. The summed E-state index contributed by atoms with van der Waals surface area (Å²) in [5, 5.41) is 11.0. The summed E-state index contributed by atoms with van der Waals surface area (Å²) in [6, 6.07) is 13.8. The van der Waals surface area contributed by atoms with Gasteiger partial charge in [-0.25, -0.2) is 0 Å². The van der Waals surface area contributed by atoms with Crippen LogP contribution in [0, 0.1) is 12.8 Å². The van der Waals surface area contributed by atoms with E-state index in [1.54, 1.807) is 19.2 Å². The van der Waals surface area contributed by atoms with Gasteiger partial charge in [0, 0.05) is 19.2 Å². The Morgan fingerprint density at radius 2 is 1.71 bits per heavy atom. The average Bonchev–Trinajstić information content (AvgIpc) is 3.01. The number of aryl methyl sites for hydroxylation is 1.